The number of esters is 3. The van der Waals surface area contributed by atoms with Gasteiger partial charge in [-0.25, -0.2) is 25.1 Å². The summed E-state index contributed by atoms with van der Waals surface area (Å²) < 4.78 is 38.5. The molecule has 0 aliphatic carbocycles. The van der Waals surface area contributed by atoms with Crippen molar-refractivity contribution >= 4 is 48.2 Å². The zero-order valence-corrected chi connectivity index (χ0v) is 32.0. The fraction of sp³-hybridized carbons (Fsp3) is 0.735. The number of anilines is 1. The first-order chi connectivity index (χ1) is 24.1. The topological polar surface area (TPSA) is 202 Å². The second kappa shape index (κ2) is 19.4. The highest BCUT2D eigenvalue weighted by atomic mass is 31.2. The van der Waals surface area contributed by atoms with E-state index < -0.39 is 60.9 Å². The standard InChI is InChI=1S/C34H56N7O9P/c1-8-10-12-14-18-47-31(44)33(4,5)39-51(46,40-34(6,7)32(45)48-19-15-13-11-9-2)23-49-24(3)20-41-22-37-27-28(35-21-36-29(27)41)38-30(43)25-16-17-26(42)50-25/h21-22,24-25H,8-20,23H2,1-7H3,(H2,39,40,46)(H,35,36,38,43)/t24-,25-/m1/s1. The van der Waals surface area contributed by atoms with Crippen LogP contribution in [-0.4, -0.2) is 86.2 Å². The Labute approximate surface area is 300 Å². The lowest BCUT2D eigenvalue weighted by atomic mass is 10.1. The van der Waals surface area contributed by atoms with Crippen LogP contribution >= 0.6 is 7.44 Å². The highest BCUT2D eigenvalue weighted by Gasteiger charge is 2.43. The third-order valence-electron chi connectivity index (χ3n) is 8.22. The fourth-order valence-corrected chi connectivity index (χ4v) is 8.05. The SMILES string of the molecule is CCCCCCOC(=O)C(C)(C)NP(=O)(CO[C@H](C)Cn1cnc2c(NC(=O)[C@H]3CCC(=O)O3)ncnc21)NC(C)(C)C(=O)OCCCCCC. The first-order valence-electron chi connectivity index (χ1n) is 17.9. The minimum Gasteiger partial charge on any atom is -0.464 e. The maximum Gasteiger partial charge on any atom is 0.326 e. The van der Waals surface area contributed by atoms with Crippen LogP contribution in [0, 0.1) is 0 Å². The van der Waals surface area contributed by atoms with Crippen LogP contribution in [0.4, 0.5) is 5.82 Å². The van der Waals surface area contributed by atoms with Crippen LogP contribution in [0.1, 0.15) is 113 Å². The van der Waals surface area contributed by atoms with E-state index in [4.69, 9.17) is 18.9 Å². The number of hydrogen-bond acceptors (Lipinski definition) is 12. The molecule has 2 aromatic rings. The molecule has 0 unspecified atom stereocenters. The summed E-state index contributed by atoms with van der Waals surface area (Å²) in [6.07, 6.45) is 8.89. The van der Waals surface area contributed by atoms with Crippen LogP contribution in [-0.2, 0) is 49.2 Å². The molecular weight excluding hydrogens is 681 g/mol. The van der Waals surface area contributed by atoms with Gasteiger partial charge in [0, 0.05) is 12.8 Å². The molecule has 17 heteroatoms. The third kappa shape index (κ3) is 12.9. The molecule has 1 fully saturated rings. The van der Waals surface area contributed by atoms with Gasteiger partial charge in [0.05, 0.1) is 32.2 Å². The van der Waals surface area contributed by atoms with Gasteiger partial charge in [-0.1, -0.05) is 52.4 Å². The van der Waals surface area contributed by atoms with Gasteiger partial charge in [0.2, 0.25) is 7.44 Å². The molecule has 286 valence electrons. The van der Waals surface area contributed by atoms with E-state index in [9.17, 15) is 23.7 Å². The van der Waals surface area contributed by atoms with Gasteiger partial charge in [-0.15, -0.1) is 0 Å². The number of ether oxygens (including phenoxy) is 4. The minimum absolute atomic E-state index is 0.164. The van der Waals surface area contributed by atoms with Crippen molar-refractivity contribution in [3.63, 3.8) is 0 Å². The van der Waals surface area contributed by atoms with Gasteiger partial charge in [0.15, 0.2) is 23.1 Å². The summed E-state index contributed by atoms with van der Waals surface area (Å²) in [6, 6.07) is 0. The molecule has 0 bridgehead atoms. The summed E-state index contributed by atoms with van der Waals surface area (Å²) in [5.41, 5.74) is -2.06. The molecular formula is C34H56N7O9P. The number of fused-ring (bicyclic) bond motifs is 1. The fourth-order valence-electron chi connectivity index (χ4n) is 5.41. The highest BCUT2D eigenvalue weighted by molar-refractivity contribution is 7.59. The monoisotopic (exact) mass is 737 g/mol. The average Bonchev–Trinajstić information content (AvgIpc) is 3.69. The normalized spacial score (nSPS) is 15.8. The van der Waals surface area contributed by atoms with Gasteiger partial charge in [-0.05, 0) is 47.5 Å². The van der Waals surface area contributed by atoms with Gasteiger partial charge >= 0.3 is 17.9 Å². The molecule has 51 heavy (non-hydrogen) atoms. The number of amides is 1. The Morgan fingerprint density at radius 3 is 2.06 bits per heavy atom. The molecule has 3 rings (SSSR count). The summed E-state index contributed by atoms with van der Waals surface area (Å²) in [5, 5.41) is 8.54. The Bertz CT molecular complexity index is 1490. The lowest BCUT2D eigenvalue weighted by Gasteiger charge is -2.35. The number of nitrogens with one attached hydrogen (secondary N) is 3. The maximum atomic E-state index is 14.6. The Hall–Kier alpha value is -3.46. The first kappa shape index (κ1) is 42.0. The van der Waals surface area contributed by atoms with E-state index in [1.54, 1.807) is 39.2 Å². The van der Waals surface area contributed by atoms with E-state index in [0.29, 0.717) is 11.2 Å². The van der Waals surface area contributed by atoms with Crippen LogP contribution in [0.2, 0.25) is 0 Å². The van der Waals surface area contributed by atoms with Crippen LogP contribution in [0.25, 0.3) is 11.2 Å². The van der Waals surface area contributed by atoms with E-state index in [1.807, 2.05) is 0 Å². The number of hydrogen-bond donors (Lipinski definition) is 3. The lowest BCUT2D eigenvalue weighted by molar-refractivity contribution is -0.149. The molecule has 0 aromatic carbocycles. The molecule has 3 N–H and O–H groups in total. The molecule has 0 spiro atoms. The summed E-state index contributed by atoms with van der Waals surface area (Å²) in [7, 11) is -3.86. The number of cyclic esters (lactones) is 1. The van der Waals surface area contributed by atoms with E-state index in [-0.39, 0.29) is 38.4 Å². The van der Waals surface area contributed by atoms with Crippen molar-refractivity contribution in [2.45, 2.75) is 143 Å². The van der Waals surface area contributed by atoms with Crippen LogP contribution < -0.4 is 15.5 Å². The van der Waals surface area contributed by atoms with E-state index >= 15 is 0 Å². The molecule has 2 atom stereocenters. The Kier molecular flexibility index (Phi) is 16.0. The summed E-state index contributed by atoms with van der Waals surface area (Å²) in [6.45, 7) is 12.9. The number of nitrogens with zero attached hydrogens (tertiary/aromatic N) is 4. The molecule has 0 radical (unpaired) electrons. The maximum absolute atomic E-state index is 14.6. The summed E-state index contributed by atoms with van der Waals surface area (Å²) in [5.74, 6) is -1.93. The predicted octanol–water partition coefficient (Wildman–Crippen LogP) is 5.01. The molecule has 3 heterocycles. The van der Waals surface area contributed by atoms with Gasteiger partial charge < -0.3 is 28.8 Å². The third-order valence-corrected chi connectivity index (χ3v) is 10.6. The van der Waals surface area contributed by atoms with E-state index in [0.717, 1.165) is 51.4 Å². The Morgan fingerprint density at radius 2 is 1.53 bits per heavy atom. The number of aromatic nitrogens is 4. The smallest absolute Gasteiger partial charge is 0.326 e. The van der Waals surface area contributed by atoms with Crippen LogP contribution in [0.5, 0.6) is 0 Å². The van der Waals surface area contributed by atoms with Crippen molar-refractivity contribution in [3.05, 3.63) is 12.7 Å². The molecule has 0 saturated carbocycles. The number of rotatable bonds is 23. The average molecular weight is 738 g/mol. The lowest BCUT2D eigenvalue weighted by Crippen LogP contribution is -2.54. The van der Waals surface area contributed by atoms with Crippen molar-refractivity contribution in [2.75, 3.05) is 24.9 Å². The largest absolute Gasteiger partial charge is 0.464 e. The number of carbonyl (C=O) groups excluding carboxylic acids is 4. The Morgan fingerprint density at radius 1 is 0.941 bits per heavy atom. The van der Waals surface area contributed by atoms with Crippen LogP contribution in [0.3, 0.4) is 0 Å². The van der Waals surface area contributed by atoms with E-state index in [2.05, 4.69) is 44.3 Å². The highest BCUT2D eigenvalue weighted by Crippen LogP contribution is 2.42. The van der Waals surface area contributed by atoms with Crippen molar-refractivity contribution in [1.82, 2.24) is 29.7 Å². The Balaban J connectivity index is 1.72. The second-order valence-electron chi connectivity index (χ2n) is 14.0. The quantitative estimate of drug-likeness (QED) is 0.0595. The predicted molar refractivity (Wildman–Crippen MR) is 191 cm³/mol. The second-order valence-corrected chi connectivity index (χ2v) is 16.2. The zero-order chi connectivity index (χ0) is 37.7. The number of carbonyl (C=O) groups is 4. The van der Waals surface area contributed by atoms with Gasteiger partial charge in [-0.2, -0.15) is 0 Å². The molecule has 2 aromatic heterocycles. The van der Waals surface area contributed by atoms with Gasteiger partial charge in [-0.3, -0.25) is 23.7 Å². The van der Waals surface area contributed by atoms with Crippen molar-refractivity contribution in [1.29, 1.82) is 0 Å². The number of imidazole rings is 1. The van der Waals surface area contributed by atoms with Crippen molar-refractivity contribution < 1.29 is 42.7 Å². The van der Waals surface area contributed by atoms with Gasteiger partial charge in [0.1, 0.15) is 23.8 Å². The molecule has 1 aliphatic rings. The minimum atomic E-state index is -3.86. The number of unbranched alkanes of at least 4 members (excludes halogenated alkanes) is 6. The molecule has 1 amide bonds. The molecule has 1 saturated heterocycles. The van der Waals surface area contributed by atoms with Gasteiger partial charge in [0.25, 0.3) is 5.91 Å². The van der Waals surface area contributed by atoms with Crippen LogP contribution in [0.15, 0.2) is 12.7 Å². The van der Waals surface area contributed by atoms with E-state index in [1.165, 1.54) is 12.7 Å². The molecule has 16 nitrogen and oxygen atoms in total. The van der Waals surface area contributed by atoms with Crippen molar-refractivity contribution in [2.24, 2.45) is 0 Å². The first-order valence-corrected chi connectivity index (χ1v) is 19.8. The summed E-state index contributed by atoms with van der Waals surface area (Å²) >= 11 is 0. The molecule has 1 aliphatic heterocycles. The zero-order valence-electron chi connectivity index (χ0n) is 31.1. The van der Waals surface area contributed by atoms with Crippen molar-refractivity contribution in [3.8, 4) is 0 Å². The summed E-state index contributed by atoms with van der Waals surface area (Å²) in [4.78, 5) is 63.2.